The fraction of sp³-hybridized carbons (Fsp3) is 0.500. The summed E-state index contributed by atoms with van der Waals surface area (Å²) in [5.41, 5.74) is 1.20. The van der Waals surface area contributed by atoms with Gasteiger partial charge in [0.15, 0.2) is 0 Å². The van der Waals surface area contributed by atoms with Crippen LogP contribution in [0.25, 0.3) is 4.96 Å². The van der Waals surface area contributed by atoms with Gasteiger partial charge in [-0.05, 0) is 56.8 Å². The number of piperidine rings is 1. The number of thiazole rings is 1. The van der Waals surface area contributed by atoms with E-state index in [4.69, 9.17) is 4.74 Å². The summed E-state index contributed by atoms with van der Waals surface area (Å²) in [4.78, 5) is 21.4. The maximum atomic E-state index is 11.9. The first-order valence-electron chi connectivity index (χ1n) is 8.90. The Balaban J connectivity index is 1.70. The third-order valence-corrected chi connectivity index (χ3v) is 7.28. The Morgan fingerprint density at radius 1 is 1.33 bits per heavy atom. The van der Waals surface area contributed by atoms with E-state index in [1.807, 2.05) is 6.92 Å². The van der Waals surface area contributed by atoms with Gasteiger partial charge in [0, 0.05) is 4.88 Å². The van der Waals surface area contributed by atoms with Crippen LogP contribution in [-0.4, -0.2) is 50.8 Å². The first-order chi connectivity index (χ1) is 13.0. The van der Waals surface area contributed by atoms with E-state index in [9.17, 15) is 9.90 Å². The summed E-state index contributed by atoms with van der Waals surface area (Å²) in [7, 11) is 1.45. The number of aromatic hydroxyl groups is 1. The van der Waals surface area contributed by atoms with Crippen molar-refractivity contribution < 1.29 is 14.6 Å². The average Bonchev–Trinajstić information content (AvgIpc) is 3.33. The van der Waals surface area contributed by atoms with Crippen LogP contribution in [0.15, 0.2) is 11.4 Å². The summed E-state index contributed by atoms with van der Waals surface area (Å²) in [6.45, 7) is 5.46. The van der Waals surface area contributed by atoms with Gasteiger partial charge in [0.25, 0.3) is 0 Å². The van der Waals surface area contributed by atoms with Gasteiger partial charge in [-0.25, -0.2) is 4.98 Å². The summed E-state index contributed by atoms with van der Waals surface area (Å²) >= 11 is 3.17. The fourth-order valence-electron chi connectivity index (χ4n) is 3.70. The molecular weight excluding hydrogens is 384 g/mol. The maximum Gasteiger partial charge on any atom is 0.308 e. The van der Waals surface area contributed by atoms with Crippen LogP contribution in [0, 0.1) is 19.8 Å². The van der Waals surface area contributed by atoms with Crippen molar-refractivity contribution in [2.45, 2.75) is 32.7 Å². The largest absolute Gasteiger partial charge is 0.492 e. The van der Waals surface area contributed by atoms with Gasteiger partial charge in [0.05, 0.1) is 23.9 Å². The molecule has 4 rings (SSSR count). The first-order valence-corrected chi connectivity index (χ1v) is 10.6. The van der Waals surface area contributed by atoms with Crippen molar-refractivity contribution in [1.29, 1.82) is 0 Å². The van der Waals surface area contributed by atoms with Crippen molar-refractivity contribution in [1.82, 2.24) is 19.5 Å². The highest BCUT2D eigenvalue weighted by Crippen LogP contribution is 2.43. The lowest BCUT2D eigenvalue weighted by molar-refractivity contribution is -0.147. The number of carbonyl (C=O) groups is 1. The molecule has 0 unspecified atom stereocenters. The highest BCUT2D eigenvalue weighted by atomic mass is 32.1. The van der Waals surface area contributed by atoms with Gasteiger partial charge in [-0.1, -0.05) is 11.3 Å². The molecule has 3 aromatic heterocycles. The number of hydrogen-bond acceptors (Lipinski definition) is 8. The van der Waals surface area contributed by atoms with Crippen LogP contribution in [0.4, 0.5) is 0 Å². The second-order valence-electron chi connectivity index (χ2n) is 6.85. The molecule has 1 aliphatic rings. The topological polar surface area (TPSA) is 80.0 Å². The molecule has 0 aliphatic carbocycles. The Hall–Kier alpha value is -1.97. The van der Waals surface area contributed by atoms with Gasteiger partial charge in [-0.3, -0.25) is 9.69 Å². The van der Waals surface area contributed by atoms with Crippen LogP contribution in [0.1, 0.15) is 40.0 Å². The lowest BCUT2D eigenvalue weighted by Crippen LogP contribution is -2.39. The van der Waals surface area contributed by atoms with Crippen molar-refractivity contribution >= 4 is 33.6 Å². The minimum absolute atomic E-state index is 0.0464. The molecule has 0 radical (unpaired) electrons. The minimum Gasteiger partial charge on any atom is -0.492 e. The zero-order valence-corrected chi connectivity index (χ0v) is 17.1. The van der Waals surface area contributed by atoms with Crippen LogP contribution in [0.3, 0.4) is 0 Å². The standard InChI is InChI=1S/C18H22N4O3S2/c1-10-6-9-26-14(10)13(21-7-4-12(5-8-21)17(24)25-3)15-16(23)22-18(27-15)19-11(2)20-22/h6,9,12-13,23H,4-5,7-8H2,1-3H3/t13-/m1/s1. The molecule has 0 saturated carbocycles. The number of thiophene rings is 1. The number of nitrogens with zero attached hydrogens (tertiary/aromatic N) is 4. The highest BCUT2D eigenvalue weighted by Gasteiger charge is 2.35. The lowest BCUT2D eigenvalue weighted by atomic mass is 9.95. The zero-order chi connectivity index (χ0) is 19.1. The number of aromatic nitrogens is 3. The van der Waals surface area contributed by atoms with Crippen LogP contribution in [-0.2, 0) is 9.53 Å². The summed E-state index contributed by atoms with van der Waals surface area (Å²) < 4.78 is 6.43. The fourth-order valence-corrected chi connectivity index (χ4v) is 5.99. The van der Waals surface area contributed by atoms with E-state index >= 15 is 0 Å². The Bertz CT molecular complexity index is 969. The van der Waals surface area contributed by atoms with Gasteiger partial charge in [0.1, 0.15) is 5.82 Å². The van der Waals surface area contributed by atoms with Gasteiger partial charge in [-0.2, -0.15) is 4.52 Å². The number of fused-ring (bicyclic) bond motifs is 1. The Morgan fingerprint density at radius 2 is 2.07 bits per heavy atom. The number of hydrogen-bond donors (Lipinski definition) is 1. The van der Waals surface area contributed by atoms with Crippen molar-refractivity contribution in [2.75, 3.05) is 20.2 Å². The molecule has 9 heteroatoms. The van der Waals surface area contributed by atoms with Gasteiger partial charge >= 0.3 is 5.97 Å². The number of likely N-dealkylation sites (tertiary alicyclic amines) is 1. The Morgan fingerprint density at radius 3 is 2.67 bits per heavy atom. The molecule has 1 fully saturated rings. The van der Waals surface area contributed by atoms with Gasteiger partial charge in [0.2, 0.25) is 10.8 Å². The molecule has 0 aromatic carbocycles. The smallest absolute Gasteiger partial charge is 0.308 e. The number of rotatable bonds is 4. The second-order valence-corrected chi connectivity index (χ2v) is 8.80. The molecule has 1 atom stereocenters. The molecule has 0 spiro atoms. The molecule has 0 amide bonds. The molecule has 1 N–H and O–H groups in total. The molecule has 7 nitrogen and oxygen atoms in total. The van der Waals surface area contributed by atoms with Crippen molar-refractivity contribution in [3.8, 4) is 5.88 Å². The molecule has 144 valence electrons. The number of methoxy groups -OCH3 is 1. The normalized spacial score (nSPS) is 17.4. The summed E-state index contributed by atoms with van der Waals surface area (Å²) in [6.07, 6.45) is 1.52. The predicted molar refractivity (Wildman–Crippen MR) is 104 cm³/mol. The van der Waals surface area contributed by atoms with Crippen LogP contribution < -0.4 is 0 Å². The molecule has 1 saturated heterocycles. The number of aryl methyl sites for hydroxylation is 2. The van der Waals surface area contributed by atoms with E-state index in [2.05, 4.69) is 33.4 Å². The van der Waals surface area contributed by atoms with Crippen LogP contribution in [0.5, 0.6) is 5.88 Å². The van der Waals surface area contributed by atoms with E-state index in [1.165, 1.54) is 33.4 Å². The summed E-state index contributed by atoms with van der Waals surface area (Å²) in [5, 5.41) is 17.2. The minimum atomic E-state index is -0.129. The van der Waals surface area contributed by atoms with Crippen LogP contribution >= 0.6 is 22.7 Å². The van der Waals surface area contributed by atoms with Crippen LogP contribution in [0.2, 0.25) is 0 Å². The molecular formula is C18H22N4O3S2. The Kier molecular flexibility index (Phi) is 4.92. The van der Waals surface area contributed by atoms with E-state index in [0.717, 1.165) is 30.8 Å². The van der Waals surface area contributed by atoms with E-state index in [-0.39, 0.29) is 23.8 Å². The lowest BCUT2D eigenvalue weighted by Gasteiger charge is -2.36. The SMILES string of the molecule is COC(=O)C1CCN([C@H](c2sccc2C)c2sc3nc(C)nn3c2O)CC1. The molecule has 1 aliphatic heterocycles. The molecule has 3 aromatic rings. The molecule has 0 bridgehead atoms. The number of esters is 1. The van der Waals surface area contributed by atoms with Gasteiger partial charge < -0.3 is 9.84 Å². The number of ether oxygens (including phenoxy) is 1. The third-order valence-electron chi connectivity index (χ3n) is 5.13. The molecule has 27 heavy (non-hydrogen) atoms. The van der Waals surface area contributed by atoms with Crippen molar-refractivity contribution in [2.24, 2.45) is 5.92 Å². The monoisotopic (exact) mass is 406 g/mol. The van der Waals surface area contributed by atoms with E-state index < -0.39 is 0 Å². The van der Waals surface area contributed by atoms with Crippen molar-refractivity contribution in [3.05, 3.63) is 32.6 Å². The van der Waals surface area contributed by atoms with Crippen molar-refractivity contribution in [3.63, 3.8) is 0 Å². The first kappa shape index (κ1) is 18.4. The number of carbonyl (C=O) groups excluding carboxylic acids is 1. The average molecular weight is 407 g/mol. The highest BCUT2D eigenvalue weighted by molar-refractivity contribution is 7.17. The van der Waals surface area contributed by atoms with Gasteiger partial charge in [-0.15, -0.1) is 16.4 Å². The summed E-state index contributed by atoms with van der Waals surface area (Å²) in [6, 6.07) is 2.05. The quantitative estimate of drug-likeness (QED) is 0.671. The zero-order valence-electron chi connectivity index (χ0n) is 15.5. The summed E-state index contributed by atoms with van der Waals surface area (Å²) in [5.74, 6) is 0.625. The van der Waals surface area contributed by atoms with E-state index in [1.54, 1.807) is 11.3 Å². The maximum absolute atomic E-state index is 11.9. The predicted octanol–water partition coefficient (Wildman–Crippen LogP) is 3.15. The third kappa shape index (κ3) is 3.24. The Labute approximate surface area is 165 Å². The van der Waals surface area contributed by atoms with E-state index in [0.29, 0.717) is 10.8 Å². The second kappa shape index (κ2) is 7.21. The molecule has 4 heterocycles.